The highest BCUT2D eigenvalue weighted by Gasteiger charge is 2.25. The molecule has 0 aliphatic rings. The molecule has 94 valence electrons. The molecule has 0 radical (unpaired) electrons. The molecule has 0 saturated carbocycles. The first-order valence-corrected chi connectivity index (χ1v) is 4.94. The van der Waals surface area contributed by atoms with Gasteiger partial charge in [-0.2, -0.15) is 0 Å². The van der Waals surface area contributed by atoms with Crippen molar-refractivity contribution in [2.45, 2.75) is 32.2 Å². The van der Waals surface area contributed by atoms with Gasteiger partial charge in [-0.3, -0.25) is 9.59 Å². The van der Waals surface area contributed by atoms with Gasteiger partial charge in [0.25, 0.3) is 5.91 Å². The molecule has 0 aliphatic carbocycles. The van der Waals surface area contributed by atoms with Crippen molar-refractivity contribution < 1.29 is 19.3 Å². The van der Waals surface area contributed by atoms with Crippen molar-refractivity contribution in [3.8, 4) is 0 Å². The van der Waals surface area contributed by atoms with Gasteiger partial charge in [0.2, 0.25) is 11.5 Å². The van der Waals surface area contributed by atoms with E-state index >= 15 is 0 Å². The van der Waals surface area contributed by atoms with Crippen molar-refractivity contribution in [2.75, 3.05) is 5.73 Å². The maximum absolute atomic E-state index is 11.7. The Hall–Kier alpha value is -2.12. The summed E-state index contributed by atoms with van der Waals surface area (Å²) >= 11 is 0. The van der Waals surface area contributed by atoms with E-state index in [0.29, 0.717) is 6.42 Å². The van der Waals surface area contributed by atoms with Crippen molar-refractivity contribution in [1.29, 1.82) is 0 Å². The van der Waals surface area contributed by atoms with E-state index in [1.54, 1.807) is 13.8 Å². The number of hydrogen-bond acceptors (Lipinski definition) is 6. The number of aromatic nitrogens is 2. The van der Waals surface area contributed by atoms with E-state index in [0.717, 1.165) is 0 Å². The van der Waals surface area contributed by atoms with Gasteiger partial charge < -0.3 is 16.2 Å². The van der Waals surface area contributed by atoms with Crippen molar-refractivity contribution in [2.24, 2.45) is 0 Å². The van der Waals surface area contributed by atoms with E-state index in [1.165, 1.54) is 0 Å². The number of nitrogens with one attached hydrogen (secondary N) is 1. The van der Waals surface area contributed by atoms with Crippen molar-refractivity contribution in [3.63, 3.8) is 0 Å². The first kappa shape index (κ1) is 12.9. The minimum atomic E-state index is -0.921. The summed E-state index contributed by atoms with van der Waals surface area (Å²) in [5.41, 5.74) is 4.58. The van der Waals surface area contributed by atoms with Crippen LogP contribution < -0.4 is 11.1 Å². The number of amides is 1. The Bertz CT molecular complexity index is 426. The van der Waals surface area contributed by atoms with E-state index in [9.17, 15) is 9.59 Å². The quantitative estimate of drug-likeness (QED) is 0.663. The third-order valence-electron chi connectivity index (χ3n) is 2.14. The molecular formula is C9H14N4O4. The van der Waals surface area contributed by atoms with Crippen LogP contribution in [0.1, 0.15) is 37.2 Å². The molecule has 0 atom stereocenters. The Morgan fingerprint density at radius 1 is 1.47 bits per heavy atom. The number of carbonyl (C=O) groups excluding carboxylic acids is 1. The van der Waals surface area contributed by atoms with Gasteiger partial charge in [0.05, 0.1) is 0 Å². The van der Waals surface area contributed by atoms with E-state index < -0.39 is 17.4 Å². The molecule has 0 fully saturated rings. The van der Waals surface area contributed by atoms with Gasteiger partial charge in [0, 0.05) is 12.0 Å². The molecule has 0 spiro atoms. The number of nitrogens with two attached hydrogens (primary N) is 1. The van der Waals surface area contributed by atoms with Crippen molar-refractivity contribution >= 4 is 17.7 Å². The zero-order valence-corrected chi connectivity index (χ0v) is 9.56. The molecule has 0 aromatic carbocycles. The highest BCUT2D eigenvalue weighted by atomic mass is 16.6. The molecule has 1 aromatic rings. The molecule has 1 aromatic heterocycles. The van der Waals surface area contributed by atoms with Crippen LogP contribution in [0.2, 0.25) is 0 Å². The van der Waals surface area contributed by atoms with E-state index in [4.69, 9.17) is 10.8 Å². The molecule has 0 saturated heterocycles. The van der Waals surface area contributed by atoms with Gasteiger partial charge in [-0.15, -0.1) is 0 Å². The highest BCUT2D eigenvalue weighted by molar-refractivity contribution is 5.96. The smallest absolute Gasteiger partial charge is 0.303 e. The Kier molecular flexibility index (Phi) is 3.66. The number of carboxylic acid groups (broad SMARTS) is 1. The molecule has 8 nitrogen and oxygen atoms in total. The average molecular weight is 242 g/mol. The van der Waals surface area contributed by atoms with Crippen LogP contribution in [0.5, 0.6) is 0 Å². The van der Waals surface area contributed by atoms with Crippen molar-refractivity contribution in [3.05, 3.63) is 5.69 Å². The third kappa shape index (κ3) is 3.74. The van der Waals surface area contributed by atoms with Gasteiger partial charge >= 0.3 is 5.97 Å². The van der Waals surface area contributed by atoms with Crippen LogP contribution in [0.15, 0.2) is 4.63 Å². The summed E-state index contributed by atoms with van der Waals surface area (Å²) in [7, 11) is 0. The first-order valence-electron chi connectivity index (χ1n) is 4.94. The second kappa shape index (κ2) is 4.81. The van der Waals surface area contributed by atoms with Gasteiger partial charge in [0.1, 0.15) is 0 Å². The maximum Gasteiger partial charge on any atom is 0.303 e. The van der Waals surface area contributed by atoms with Gasteiger partial charge in [-0.1, -0.05) is 0 Å². The number of aliphatic carboxylic acids is 1. The zero-order chi connectivity index (χ0) is 13.1. The number of anilines is 1. The average Bonchev–Trinajstić information content (AvgIpc) is 2.61. The Morgan fingerprint density at radius 3 is 2.59 bits per heavy atom. The van der Waals surface area contributed by atoms with Crippen LogP contribution in [-0.2, 0) is 4.79 Å². The molecule has 0 aliphatic heterocycles. The molecule has 8 heteroatoms. The molecule has 4 N–H and O–H groups in total. The topological polar surface area (TPSA) is 131 Å². The highest BCUT2D eigenvalue weighted by Crippen LogP contribution is 2.13. The minimum Gasteiger partial charge on any atom is -0.481 e. The minimum absolute atomic E-state index is 0.0418. The number of nitrogen functional groups attached to an aromatic ring is 1. The molecule has 1 heterocycles. The summed E-state index contributed by atoms with van der Waals surface area (Å²) < 4.78 is 4.30. The standard InChI is InChI=1S/C9H14N4O4/c1-9(2,4-3-5(14)15)11-8(16)6-7(10)13-17-12-6/h3-4H2,1-2H3,(H2,10,13)(H,11,16)(H,14,15). The van der Waals surface area contributed by atoms with Crippen LogP contribution in [-0.4, -0.2) is 32.8 Å². The number of hydrogen-bond donors (Lipinski definition) is 3. The summed E-state index contributed by atoms with van der Waals surface area (Å²) in [6.07, 6.45) is 0.249. The normalized spacial score (nSPS) is 11.2. The predicted octanol–water partition coefficient (Wildman–Crippen LogP) is 0.0250. The van der Waals surface area contributed by atoms with E-state index in [-0.39, 0.29) is 17.9 Å². The molecule has 0 unspecified atom stereocenters. The molecule has 17 heavy (non-hydrogen) atoms. The zero-order valence-electron chi connectivity index (χ0n) is 9.56. The van der Waals surface area contributed by atoms with Gasteiger partial charge in [-0.05, 0) is 30.6 Å². The molecular weight excluding hydrogens is 228 g/mol. The van der Waals surface area contributed by atoms with Crippen LogP contribution in [0.4, 0.5) is 5.82 Å². The lowest BCUT2D eigenvalue weighted by Crippen LogP contribution is -2.44. The monoisotopic (exact) mass is 242 g/mol. The molecule has 1 amide bonds. The SMILES string of the molecule is CC(C)(CCC(=O)O)NC(=O)c1nonc1N. The lowest BCUT2D eigenvalue weighted by molar-refractivity contribution is -0.137. The van der Waals surface area contributed by atoms with Crippen LogP contribution in [0.25, 0.3) is 0 Å². The number of rotatable bonds is 5. The third-order valence-corrected chi connectivity index (χ3v) is 2.14. The number of nitrogens with zero attached hydrogens (tertiary/aromatic N) is 2. The Labute approximate surface area is 97.1 Å². The predicted molar refractivity (Wildman–Crippen MR) is 57.1 cm³/mol. The second-order valence-electron chi connectivity index (χ2n) is 4.23. The fourth-order valence-corrected chi connectivity index (χ4v) is 1.20. The Morgan fingerprint density at radius 2 is 2.12 bits per heavy atom. The fraction of sp³-hybridized carbons (Fsp3) is 0.556. The lowest BCUT2D eigenvalue weighted by atomic mass is 9.98. The van der Waals surface area contributed by atoms with E-state index in [1.807, 2.05) is 0 Å². The maximum atomic E-state index is 11.7. The summed E-state index contributed by atoms with van der Waals surface area (Å²) in [6, 6.07) is 0. The number of carbonyl (C=O) groups is 2. The van der Waals surface area contributed by atoms with Crippen LogP contribution in [0, 0.1) is 0 Å². The summed E-state index contributed by atoms with van der Waals surface area (Å²) in [6.45, 7) is 3.41. The molecule has 0 bridgehead atoms. The van der Waals surface area contributed by atoms with Crippen molar-refractivity contribution in [1.82, 2.24) is 15.6 Å². The van der Waals surface area contributed by atoms with E-state index in [2.05, 4.69) is 20.3 Å². The summed E-state index contributed by atoms with van der Waals surface area (Å²) in [5.74, 6) is -1.56. The largest absolute Gasteiger partial charge is 0.481 e. The first-order chi connectivity index (χ1) is 7.82. The second-order valence-corrected chi connectivity index (χ2v) is 4.23. The number of carboxylic acids is 1. The Balaban J connectivity index is 2.61. The van der Waals surface area contributed by atoms with Gasteiger partial charge in [-0.25, -0.2) is 4.63 Å². The van der Waals surface area contributed by atoms with Crippen LogP contribution in [0.3, 0.4) is 0 Å². The van der Waals surface area contributed by atoms with Gasteiger partial charge in [0.15, 0.2) is 0 Å². The fourth-order valence-electron chi connectivity index (χ4n) is 1.20. The summed E-state index contributed by atoms with van der Waals surface area (Å²) in [4.78, 5) is 22.1. The molecule has 1 rings (SSSR count). The summed E-state index contributed by atoms with van der Waals surface area (Å²) in [5, 5.41) is 17.8. The lowest BCUT2D eigenvalue weighted by Gasteiger charge is -2.24. The van der Waals surface area contributed by atoms with Crippen LogP contribution >= 0.6 is 0 Å².